The second kappa shape index (κ2) is 7.51. The lowest BCUT2D eigenvalue weighted by Crippen LogP contribution is -2.11. The van der Waals surface area contributed by atoms with Crippen molar-refractivity contribution in [2.45, 2.75) is 25.0 Å². The van der Waals surface area contributed by atoms with Gasteiger partial charge in [-0.25, -0.2) is 0 Å². The van der Waals surface area contributed by atoms with E-state index in [2.05, 4.69) is 72.9 Å². The van der Waals surface area contributed by atoms with Crippen LogP contribution in [0.3, 0.4) is 0 Å². The summed E-state index contributed by atoms with van der Waals surface area (Å²) < 4.78 is 0. The van der Waals surface area contributed by atoms with Crippen molar-refractivity contribution < 1.29 is 4.79 Å². The number of carbonyl (C=O) groups excluding carboxylic acids is 1. The van der Waals surface area contributed by atoms with E-state index in [-0.39, 0.29) is 10.5 Å². The molecule has 0 saturated carbocycles. The molecule has 1 aliphatic heterocycles. The normalized spacial score (nSPS) is 17.6. The van der Waals surface area contributed by atoms with E-state index in [0.717, 1.165) is 19.4 Å². The fourth-order valence-electron chi connectivity index (χ4n) is 2.64. The Kier molecular flexibility index (Phi) is 5.19. The second-order valence-electron chi connectivity index (χ2n) is 5.72. The molecule has 118 valence electrons. The second-order valence-corrected chi connectivity index (χ2v) is 6.89. The molecule has 1 atom stereocenters. The average molecular weight is 323 g/mol. The van der Waals surface area contributed by atoms with Gasteiger partial charge in [-0.3, -0.25) is 4.79 Å². The highest BCUT2D eigenvalue weighted by molar-refractivity contribution is 8.14. The van der Waals surface area contributed by atoms with Gasteiger partial charge in [0.1, 0.15) is 0 Å². The van der Waals surface area contributed by atoms with E-state index in [0.29, 0.717) is 0 Å². The number of carbonyl (C=O) groups is 1. The number of aryl methyl sites for hydroxylation is 1. The smallest absolute Gasteiger partial charge is 0.279 e. The molecule has 1 unspecified atom stereocenters. The number of allylic oxidation sites excluding steroid dienone is 1. The van der Waals surface area contributed by atoms with Crippen LogP contribution >= 0.6 is 11.8 Å². The molecule has 1 N–H and O–H groups in total. The van der Waals surface area contributed by atoms with E-state index in [1.807, 2.05) is 0 Å². The zero-order valence-electron chi connectivity index (χ0n) is 13.3. The highest BCUT2D eigenvalue weighted by Gasteiger charge is 2.23. The number of rotatable bonds is 5. The van der Waals surface area contributed by atoms with Crippen molar-refractivity contribution >= 4 is 23.1 Å². The Morgan fingerprint density at radius 2 is 1.78 bits per heavy atom. The van der Waals surface area contributed by atoms with Gasteiger partial charge in [-0.1, -0.05) is 79.4 Å². The molecule has 0 aromatic heterocycles. The molecular weight excluding hydrogens is 302 g/mol. The van der Waals surface area contributed by atoms with E-state index in [1.54, 1.807) is 0 Å². The van der Waals surface area contributed by atoms with Crippen molar-refractivity contribution in [1.82, 2.24) is 5.32 Å². The van der Waals surface area contributed by atoms with E-state index in [1.165, 1.54) is 34.0 Å². The van der Waals surface area contributed by atoms with Crippen molar-refractivity contribution in [2.24, 2.45) is 0 Å². The summed E-state index contributed by atoms with van der Waals surface area (Å²) in [5.74, 6) is 0. The van der Waals surface area contributed by atoms with Gasteiger partial charge in [-0.05, 0) is 35.1 Å². The number of amides is 1. The Morgan fingerprint density at radius 3 is 2.39 bits per heavy atom. The van der Waals surface area contributed by atoms with Gasteiger partial charge in [0.05, 0.1) is 5.25 Å². The largest absolute Gasteiger partial charge is 0.345 e. The van der Waals surface area contributed by atoms with Gasteiger partial charge in [-0.2, -0.15) is 0 Å². The third-order valence-electron chi connectivity index (χ3n) is 4.08. The van der Waals surface area contributed by atoms with Crippen LogP contribution in [0.4, 0.5) is 4.79 Å². The maximum absolute atomic E-state index is 11.3. The Labute approximate surface area is 142 Å². The molecular formula is C20H21NOS. The van der Waals surface area contributed by atoms with Crippen LogP contribution in [-0.4, -0.2) is 11.8 Å². The maximum Gasteiger partial charge on any atom is 0.279 e. The minimum Gasteiger partial charge on any atom is -0.345 e. The predicted molar refractivity (Wildman–Crippen MR) is 98.7 cm³/mol. The van der Waals surface area contributed by atoms with Gasteiger partial charge in [0, 0.05) is 6.54 Å². The van der Waals surface area contributed by atoms with E-state index in [9.17, 15) is 4.79 Å². The molecule has 0 radical (unpaired) electrons. The molecule has 2 aromatic carbocycles. The first kappa shape index (κ1) is 15.9. The molecule has 2 nitrogen and oxygen atoms in total. The van der Waals surface area contributed by atoms with Crippen LogP contribution in [0.15, 0.2) is 54.6 Å². The Hall–Kier alpha value is -2.00. The van der Waals surface area contributed by atoms with Gasteiger partial charge in [0.25, 0.3) is 5.24 Å². The van der Waals surface area contributed by atoms with Crippen LogP contribution in [0.25, 0.3) is 6.08 Å². The zero-order valence-corrected chi connectivity index (χ0v) is 14.1. The molecule has 2 aromatic rings. The molecule has 23 heavy (non-hydrogen) atoms. The molecule has 1 heterocycles. The summed E-state index contributed by atoms with van der Waals surface area (Å²) in [6, 6.07) is 17.3. The van der Waals surface area contributed by atoms with Gasteiger partial charge < -0.3 is 5.32 Å². The molecule has 3 rings (SSSR count). The van der Waals surface area contributed by atoms with Gasteiger partial charge in [0.15, 0.2) is 0 Å². The molecule has 1 amide bonds. The zero-order chi connectivity index (χ0) is 16.1. The number of thioether (sulfide) groups is 1. The van der Waals surface area contributed by atoms with E-state index >= 15 is 0 Å². The van der Waals surface area contributed by atoms with Gasteiger partial charge in [0.2, 0.25) is 0 Å². The highest BCUT2D eigenvalue weighted by atomic mass is 32.2. The van der Waals surface area contributed by atoms with Crippen molar-refractivity contribution in [1.29, 1.82) is 0 Å². The molecule has 0 spiro atoms. The summed E-state index contributed by atoms with van der Waals surface area (Å²) in [5, 5.41) is 3.18. The van der Waals surface area contributed by atoms with Crippen molar-refractivity contribution in [2.75, 3.05) is 6.54 Å². The number of nitrogens with one attached hydrogen (secondary N) is 1. The van der Waals surface area contributed by atoms with Crippen LogP contribution in [0.1, 0.15) is 34.4 Å². The summed E-state index contributed by atoms with van der Waals surface area (Å²) in [6.07, 6.45) is 6.39. The fraction of sp³-hybridized carbons (Fsp3) is 0.250. The van der Waals surface area contributed by atoms with Crippen molar-refractivity contribution in [3.63, 3.8) is 0 Å². The monoisotopic (exact) mass is 323 g/mol. The fourth-order valence-corrected chi connectivity index (χ4v) is 3.52. The predicted octanol–water partition coefficient (Wildman–Crippen LogP) is 5.00. The third kappa shape index (κ3) is 4.26. The topological polar surface area (TPSA) is 29.1 Å². The van der Waals surface area contributed by atoms with Crippen LogP contribution in [0.5, 0.6) is 0 Å². The number of benzene rings is 2. The average Bonchev–Trinajstić information content (AvgIpc) is 3.03. The molecule has 0 bridgehead atoms. The quantitative estimate of drug-likeness (QED) is 0.838. The first-order chi connectivity index (χ1) is 11.2. The third-order valence-corrected chi connectivity index (χ3v) is 5.17. The van der Waals surface area contributed by atoms with Crippen molar-refractivity contribution in [3.05, 3.63) is 76.9 Å². The SMILES string of the molecule is CCc1ccc(CC=Cc2ccc(C3CNC(=O)S3)cc2)cc1. The summed E-state index contributed by atoms with van der Waals surface area (Å²) in [5.41, 5.74) is 5.12. The minimum absolute atomic E-state index is 0.0769. The lowest BCUT2D eigenvalue weighted by atomic mass is 10.1. The molecule has 3 heteroatoms. The van der Waals surface area contributed by atoms with Gasteiger partial charge >= 0.3 is 0 Å². The first-order valence-electron chi connectivity index (χ1n) is 8.03. The number of hydrogen-bond acceptors (Lipinski definition) is 2. The minimum atomic E-state index is 0.0769. The summed E-state index contributed by atoms with van der Waals surface area (Å²) >= 11 is 1.37. The number of hydrogen-bond donors (Lipinski definition) is 1. The molecule has 1 saturated heterocycles. The maximum atomic E-state index is 11.3. The Balaban J connectivity index is 1.58. The lowest BCUT2D eigenvalue weighted by molar-refractivity contribution is 0.262. The van der Waals surface area contributed by atoms with E-state index < -0.39 is 0 Å². The lowest BCUT2D eigenvalue weighted by Gasteiger charge is -2.06. The van der Waals surface area contributed by atoms with Crippen LogP contribution < -0.4 is 5.32 Å². The standard InChI is InChI=1S/C20H21NOS/c1-2-15-6-8-16(9-7-15)4-3-5-17-10-12-18(13-11-17)19-14-21-20(22)23-19/h3,5-13,19H,2,4,14H2,1H3,(H,21,22). The van der Waals surface area contributed by atoms with Crippen LogP contribution in [0, 0.1) is 0 Å². The van der Waals surface area contributed by atoms with Gasteiger partial charge in [-0.15, -0.1) is 0 Å². The van der Waals surface area contributed by atoms with Crippen LogP contribution in [0.2, 0.25) is 0 Å². The molecule has 0 aliphatic carbocycles. The highest BCUT2D eigenvalue weighted by Crippen LogP contribution is 2.33. The Bertz CT molecular complexity index is 689. The molecule has 1 aliphatic rings. The first-order valence-corrected chi connectivity index (χ1v) is 8.91. The summed E-state index contributed by atoms with van der Waals surface area (Å²) in [6.45, 7) is 2.90. The van der Waals surface area contributed by atoms with Crippen molar-refractivity contribution in [3.8, 4) is 0 Å². The Morgan fingerprint density at radius 1 is 1.09 bits per heavy atom. The van der Waals surface area contributed by atoms with E-state index in [4.69, 9.17) is 0 Å². The summed E-state index contributed by atoms with van der Waals surface area (Å²) in [4.78, 5) is 11.3. The summed E-state index contributed by atoms with van der Waals surface area (Å²) in [7, 11) is 0. The molecule has 1 fully saturated rings. The van der Waals surface area contributed by atoms with Crippen LogP contribution in [-0.2, 0) is 12.8 Å².